The second-order valence-electron chi connectivity index (χ2n) is 6.86. The number of nitrogens with one attached hydrogen (secondary N) is 2. The fraction of sp³-hybridized carbons (Fsp3) is 0.273. The molecule has 158 valence electrons. The molecule has 0 aliphatic heterocycles. The number of aliphatic hydroxyl groups is 1. The Morgan fingerprint density at radius 3 is 2.80 bits per heavy atom. The molecule has 6 nitrogen and oxygen atoms in total. The summed E-state index contributed by atoms with van der Waals surface area (Å²) in [5.74, 6) is 0.695. The Balaban J connectivity index is 0.00000256. The number of thiophene rings is 1. The molecule has 4 aromatic rings. The maximum absolute atomic E-state index is 10.5. The van der Waals surface area contributed by atoms with Gasteiger partial charge in [0.1, 0.15) is 6.10 Å². The van der Waals surface area contributed by atoms with Crippen LogP contribution in [0, 0.1) is 0 Å². The van der Waals surface area contributed by atoms with Gasteiger partial charge in [-0.1, -0.05) is 30.3 Å². The van der Waals surface area contributed by atoms with Crippen molar-refractivity contribution in [1.82, 2.24) is 20.2 Å². The third kappa shape index (κ3) is 5.30. The molecule has 2 aromatic heterocycles. The van der Waals surface area contributed by atoms with Gasteiger partial charge in [-0.15, -0.1) is 35.3 Å². The summed E-state index contributed by atoms with van der Waals surface area (Å²) in [5, 5.41) is 18.2. The molecular formula is C22H26IN5OS. The Bertz CT molecular complexity index is 1090. The van der Waals surface area contributed by atoms with E-state index >= 15 is 0 Å². The van der Waals surface area contributed by atoms with Crippen LogP contribution in [0.3, 0.4) is 0 Å². The topological polar surface area (TPSA) is 74.5 Å². The van der Waals surface area contributed by atoms with E-state index in [4.69, 9.17) is 0 Å². The Hall–Kier alpha value is -2.17. The molecule has 2 heterocycles. The van der Waals surface area contributed by atoms with Crippen molar-refractivity contribution in [2.24, 2.45) is 4.99 Å². The molecule has 0 bridgehead atoms. The number of guanidine groups is 1. The first kappa shape index (κ1) is 22.5. The van der Waals surface area contributed by atoms with Crippen molar-refractivity contribution in [2.45, 2.75) is 19.1 Å². The normalized spacial score (nSPS) is 12.7. The number of aromatic nitrogens is 2. The molecule has 0 spiro atoms. The van der Waals surface area contributed by atoms with Crippen LogP contribution >= 0.6 is 35.3 Å². The smallest absolute Gasteiger partial charge is 0.191 e. The molecule has 2 aromatic carbocycles. The molecule has 3 N–H and O–H groups in total. The lowest BCUT2D eigenvalue weighted by Crippen LogP contribution is -2.39. The standard InChI is InChI=1S/C22H25N5OS.HI/c1-23-22(24-11-6-12-27-15-26-17-8-3-4-9-18(17)27)25-14-19(28)21-13-16-7-2-5-10-20(16)29-21;/h2-5,7-10,13,15,19,28H,6,11-12,14H2,1H3,(H2,23,24,25);1H. The first-order valence-corrected chi connectivity index (χ1v) is 10.6. The molecule has 0 amide bonds. The minimum Gasteiger partial charge on any atom is -0.386 e. The fourth-order valence-electron chi connectivity index (χ4n) is 3.33. The number of benzene rings is 2. The van der Waals surface area contributed by atoms with Crippen LogP contribution in [0.1, 0.15) is 17.4 Å². The molecule has 0 fully saturated rings. The van der Waals surface area contributed by atoms with Crippen LogP contribution in [0.15, 0.2) is 65.9 Å². The van der Waals surface area contributed by atoms with Crippen molar-refractivity contribution in [3.8, 4) is 0 Å². The zero-order valence-corrected chi connectivity index (χ0v) is 19.9. The minimum absolute atomic E-state index is 0. The van der Waals surface area contributed by atoms with Crippen molar-refractivity contribution in [3.63, 3.8) is 0 Å². The highest BCUT2D eigenvalue weighted by Crippen LogP contribution is 2.29. The molecule has 0 radical (unpaired) electrons. The number of imidazole rings is 1. The van der Waals surface area contributed by atoms with Crippen LogP contribution < -0.4 is 10.6 Å². The van der Waals surface area contributed by atoms with E-state index in [0.717, 1.165) is 35.4 Å². The summed E-state index contributed by atoms with van der Waals surface area (Å²) in [7, 11) is 1.74. The maximum Gasteiger partial charge on any atom is 0.191 e. The number of aryl methyl sites for hydroxylation is 1. The molecule has 1 atom stereocenters. The minimum atomic E-state index is -0.566. The quantitative estimate of drug-likeness (QED) is 0.144. The highest BCUT2D eigenvalue weighted by Gasteiger charge is 2.12. The lowest BCUT2D eigenvalue weighted by atomic mass is 10.2. The Kier molecular flexibility index (Phi) is 8.06. The fourth-order valence-corrected chi connectivity index (χ4v) is 4.38. The molecule has 1 unspecified atom stereocenters. The van der Waals surface area contributed by atoms with Gasteiger partial charge < -0.3 is 20.3 Å². The molecule has 8 heteroatoms. The second kappa shape index (κ2) is 10.7. The predicted octanol–water partition coefficient (Wildman–Crippen LogP) is 4.16. The van der Waals surface area contributed by atoms with Gasteiger partial charge in [0.2, 0.25) is 0 Å². The van der Waals surface area contributed by atoms with Gasteiger partial charge in [-0.25, -0.2) is 4.98 Å². The van der Waals surface area contributed by atoms with E-state index in [1.807, 2.05) is 36.7 Å². The number of nitrogens with zero attached hydrogens (tertiary/aromatic N) is 3. The number of aliphatic hydroxyl groups excluding tert-OH is 1. The number of hydrogen-bond donors (Lipinski definition) is 3. The Labute approximate surface area is 197 Å². The molecule has 0 aliphatic rings. The van der Waals surface area contributed by atoms with Crippen molar-refractivity contribution < 1.29 is 5.11 Å². The van der Waals surface area contributed by atoms with Crippen molar-refractivity contribution in [1.29, 1.82) is 0 Å². The largest absolute Gasteiger partial charge is 0.386 e. The number of para-hydroxylation sites is 2. The van der Waals surface area contributed by atoms with Crippen LogP contribution in [0.4, 0.5) is 0 Å². The molecule has 0 aliphatic carbocycles. The summed E-state index contributed by atoms with van der Waals surface area (Å²) in [4.78, 5) is 9.63. The summed E-state index contributed by atoms with van der Waals surface area (Å²) < 4.78 is 3.36. The lowest BCUT2D eigenvalue weighted by Gasteiger charge is -2.14. The van der Waals surface area contributed by atoms with Crippen LogP contribution in [0.25, 0.3) is 21.1 Å². The molecule has 0 saturated carbocycles. The van der Waals surface area contributed by atoms with Gasteiger partial charge in [0.25, 0.3) is 0 Å². The molecule has 30 heavy (non-hydrogen) atoms. The average Bonchev–Trinajstić information content (AvgIpc) is 3.37. The summed E-state index contributed by atoms with van der Waals surface area (Å²) >= 11 is 1.63. The van der Waals surface area contributed by atoms with Crippen molar-refractivity contribution >= 4 is 62.4 Å². The van der Waals surface area contributed by atoms with Gasteiger partial charge in [0, 0.05) is 36.3 Å². The Morgan fingerprint density at radius 2 is 1.97 bits per heavy atom. The molecule has 4 rings (SSSR count). The molecular weight excluding hydrogens is 509 g/mol. The van der Waals surface area contributed by atoms with E-state index in [9.17, 15) is 5.11 Å². The Morgan fingerprint density at radius 1 is 1.17 bits per heavy atom. The van der Waals surface area contributed by atoms with Crippen molar-refractivity contribution in [3.05, 3.63) is 65.8 Å². The third-order valence-electron chi connectivity index (χ3n) is 4.86. The third-order valence-corrected chi connectivity index (χ3v) is 6.07. The second-order valence-corrected chi connectivity index (χ2v) is 7.98. The van der Waals surface area contributed by atoms with Crippen LogP contribution in [-0.2, 0) is 6.54 Å². The SMILES string of the molecule is CN=C(NCCCn1cnc2ccccc21)NCC(O)c1cc2ccccc2s1.I. The van der Waals surface area contributed by atoms with Gasteiger partial charge in [-0.3, -0.25) is 4.99 Å². The lowest BCUT2D eigenvalue weighted by molar-refractivity contribution is 0.184. The summed E-state index contributed by atoms with van der Waals surface area (Å²) in [6, 6.07) is 18.4. The molecule has 0 saturated heterocycles. The first-order valence-electron chi connectivity index (χ1n) is 9.75. The monoisotopic (exact) mass is 535 g/mol. The van der Waals surface area contributed by atoms with Crippen LogP contribution in [0.5, 0.6) is 0 Å². The van der Waals surface area contributed by atoms with Gasteiger partial charge in [-0.2, -0.15) is 0 Å². The average molecular weight is 535 g/mol. The van der Waals surface area contributed by atoms with E-state index in [1.54, 1.807) is 18.4 Å². The number of hydrogen-bond acceptors (Lipinski definition) is 4. The van der Waals surface area contributed by atoms with Crippen molar-refractivity contribution in [2.75, 3.05) is 20.1 Å². The van der Waals surface area contributed by atoms with Gasteiger partial charge >= 0.3 is 0 Å². The van der Waals surface area contributed by atoms with Gasteiger partial charge in [0.05, 0.1) is 17.4 Å². The van der Waals surface area contributed by atoms with Gasteiger partial charge in [-0.05, 0) is 36.1 Å². The summed E-state index contributed by atoms with van der Waals surface area (Å²) in [6.07, 6.45) is 2.27. The first-order chi connectivity index (χ1) is 14.2. The zero-order chi connectivity index (χ0) is 20.1. The number of fused-ring (bicyclic) bond motifs is 2. The van der Waals surface area contributed by atoms with Crippen LogP contribution in [-0.4, -0.2) is 40.8 Å². The highest BCUT2D eigenvalue weighted by atomic mass is 127. The summed E-state index contributed by atoms with van der Waals surface area (Å²) in [6.45, 7) is 2.08. The number of rotatable bonds is 7. The number of halogens is 1. The van der Waals surface area contributed by atoms with Crippen LogP contribution in [0.2, 0.25) is 0 Å². The van der Waals surface area contributed by atoms with E-state index in [0.29, 0.717) is 12.5 Å². The van der Waals surface area contributed by atoms with Gasteiger partial charge in [0.15, 0.2) is 5.96 Å². The zero-order valence-electron chi connectivity index (χ0n) is 16.8. The maximum atomic E-state index is 10.5. The van der Waals surface area contributed by atoms with E-state index < -0.39 is 6.10 Å². The summed E-state index contributed by atoms with van der Waals surface area (Å²) in [5.41, 5.74) is 2.18. The van der Waals surface area contributed by atoms with E-state index in [-0.39, 0.29) is 24.0 Å². The van der Waals surface area contributed by atoms with E-state index in [2.05, 4.69) is 49.4 Å². The highest BCUT2D eigenvalue weighted by molar-refractivity contribution is 14.0. The predicted molar refractivity (Wildman–Crippen MR) is 136 cm³/mol. The van der Waals surface area contributed by atoms with E-state index in [1.165, 1.54) is 10.1 Å². The number of aliphatic imine (C=N–C) groups is 1.